The molecule has 0 saturated heterocycles. The predicted octanol–water partition coefficient (Wildman–Crippen LogP) is 1.12. The van der Waals surface area contributed by atoms with Gasteiger partial charge in [-0.25, -0.2) is 0 Å². The maximum atomic E-state index is 6.66. The molecule has 4 heteroatoms. The van der Waals surface area contributed by atoms with Crippen LogP contribution in [-0.2, 0) is 0 Å². The van der Waals surface area contributed by atoms with E-state index in [-0.39, 0.29) is 5.84 Å². The summed E-state index contributed by atoms with van der Waals surface area (Å²) in [5.74, 6) is -0.226. The third-order valence-electron chi connectivity index (χ3n) is 0.473. The Hall–Kier alpha value is 0.0500. The second-order valence-electron chi connectivity index (χ2n) is 1.30. The van der Waals surface area contributed by atoms with Crippen molar-refractivity contribution in [2.45, 2.75) is 11.3 Å². The molecule has 0 rings (SSSR count). The van der Waals surface area contributed by atoms with Gasteiger partial charge in [0.05, 0.1) is 0 Å². The summed E-state index contributed by atoms with van der Waals surface area (Å²) in [6, 6.07) is 0. The van der Waals surface area contributed by atoms with Crippen molar-refractivity contribution in [3.8, 4) is 0 Å². The molecule has 0 aliphatic heterocycles. The summed E-state index contributed by atoms with van der Waals surface area (Å²) >= 11 is 10.6. The fourth-order valence-electron chi connectivity index (χ4n) is 0. The fraction of sp³-hybridized carbons (Fsp3) is 0.667. The monoisotopic (exact) mass is 140 g/mol. The SMILES string of the molecule is CC(Cl)(Cl)C(=N)N. The summed E-state index contributed by atoms with van der Waals surface area (Å²) < 4.78 is -1.19. The van der Waals surface area contributed by atoms with Crippen LogP contribution in [0.2, 0.25) is 0 Å². The number of hydrogen-bond donors (Lipinski definition) is 2. The molecule has 0 unspecified atom stereocenters. The number of rotatable bonds is 1. The van der Waals surface area contributed by atoms with Crippen molar-refractivity contribution < 1.29 is 0 Å². The maximum absolute atomic E-state index is 6.66. The average Bonchev–Trinajstić information content (AvgIpc) is 1.31. The molecular weight excluding hydrogens is 135 g/mol. The summed E-state index contributed by atoms with van der Waals surface area (Å²) in [5.41, 5.74) is 4.89. The second-order valence-corrected chi connectivity index (χ2v) is 3.01. The van der Waals surface area contributed by atoms with Crippen molar-refractivity contribution in [1.29, 1.82) is 5.41 Å². The molecule has 7 heavy (non-hydrogen) atoms. The molecule has 2 nitrogen and oxygen atoms in total. The fourth-order valence-corrected chi connectivity index (χ4v) is 0. The van der Waals surface area contributed by atoms with Gasteiger partial charge in [-0.15, -0.1) is 0 Å². The van der Waals surface area contributed by atoms with Gasteiger partial charge >= 0.3 is 0 Å². The summed E-state index contributed by atoms with van der Waals surface area (Å²) in [6.07, 6.45) is 0. The van der Waals surface area contributed by atoms with Crippen LogP contribution < -0.4 is 5.73 Å². The van der Waals surface area contributed by atoms with E-state index in [1.807, 2.05) is 0 Å². The largest absolute Gasteiger partial charge is 0.385 e. The van der Waals surface area contributed by atoms with Crippen LogP contribution >= 0.6 is 23.2 Å². The third kappa shape index (κ3) is 2.71. The summed E-state index contributed by atoms with van der Waals surface area (Å²) in [5, 5.41) is 6.66. The van der Waals surface area contributed by atoms with Crippen LogP contribution in [0.3, 0.4) is 0 Å². The molecular formula is C3H6Cl2N2. The molecule has 3 N–H and O–H groups in total. The highest BCUT2D eigenvalue weighted by atomic mass is 35.5. The van der Waals surface area contributed by atoms with Crippen LogP contribution in [0.1, 0.15) is 6.92 Å². The van der Waals surface area contributed by atoms with E-state index in [9.17, 15) is 0 Å². The molecule has 0 amide bonds. The zero-order valence-corrected chi connectivity index (χ0v) is 5.35. The number of alkyl halides is 2. The summed E-state index contributed by atoms with van der Waals surface area (Å²) in [4.78, 5) is 0. The lowest BCUT2D eigenvalue weighted by atomic mass is 10.4. The Morgan fingerprint density at radius 2 is 1.86 bits per heavy atom. The molecule has 0 aliphatic carbocycles. The average molecular weight is 141 g/mol. The van der Waals surface area contributed by atoms with Crippen LogP contribution in [0.25, 0.3) is 0 Å². The first kappa shape index (κ1) is 7.05. The zero-order chi connectivity index (χ0) is 6.08. The first-order valence-electron chi connectivity index (χ1n) is 1.67. The van der Waals surface area contributed by atoms with Gasteiger partial charge < -0.3 is 5.73 Å². The van der Waals surface area contributed by atoms with E-state index in [0.717, 1.165) is 0 Å². The van der Waals surface area contributed by atoms with E-state index in [4.69, 9.17) is 34.3 Å². The molecule has 0 fully saturated rings. The molecule has 0 atom stereocenters. The number of hydrogen-bond acceptors (Lipinski definition) is 1. The van der Waals surface area contributed by atoms with Gasteiger partial charge in [0.2, 0.25) is 0 Å². The number of halogens is 2. The van der Waals surface area contributed by atoms with E-state index in [0.29, 0.717) is 0 Å². The van der Waals surface area contributed by atoms with E-state index in [1.54, 1.807) is 0 Å². The Labute approximate surface area is 52.1 Å². The lowest BCUT2D eigenvalue weighted by Gasteiger charge is -2.07. The first-order valence-corrected chi connectivity index (χ1v) is 2.42. The molecule has 0 spiro atoms. The summed E-state index contributed by atoms with van der Waals surface area (Å²) in [6.45, 7) is 1.44. The Bertz CT molecular complexity index is 83.4. The first-order chi connectivity index (χ1) is 2.94. The highest BCUT2D eigenvalue weighted by Crippen LogP contribution is 2.17. The Kier molecular flexibility index (Phi) is 1.90. The van der Waals surface area contributed by atoms with Gasteiger partial charge in [0.25, 0.3) is 0 Å². The molecule has 0 aliphatic rings. The van der Waals surface area contributed by atoms with Crippen molar-refractivity contribution in [3.05, 3.63) is 0 Å². The molecule has 0 aromatic rings. The van der Waals surface area contributed by atoms with Gasteiger partial charge in [-0.1, -0.05) is 23.2 Å². The van der Waals surface area contributed by atoms with Crippen molar-refractivity contribution in [2.75, 3.05) is 0 Å². The van der Waals surface area contributed by atoms with Crippen molar-refractivity contribution >= 4 is 29.0 Å². The number of nitrogens with one attached hydrogen (secondary N) is 1. The highest BCUT2D eigenvalue weighted by Gasteiger charge is 2.19. The second kappa shape index (κ2) is 1.88. The standard InChI is InChI=1S/C3H6Cl2N2/c1-3(4,5)2(6)7/h1H3,(H3,6,7). The van der Waals surface area contributed by atoms with Gasteiger partial charge in [-0.2, -0.15) is 0 Å². The summed E-state index contributed by atoms with van der Waals surface area (Å²) in [7, 11) is 0. The van der Waals surface area contributed by atoms with E-state index < -0.39 is 4.33 Å². The lowest BCUT2D eigenvalue weighted by molar-refractivity contribution is 1.13. The Morgan fingerprint density at radius 1 is 1.71 bits per heavy atom. The van der Waals surface area contributed by atoms with Crippen molar-refractivity contribution in [3.63, 3.8) is 0 Å². The molecule has 0 aromatic carbocycles. The molecule has 0 heterocycles. The maximum Gasteiger partial charge on any atom is 0.171 e. The van der Waals surface area contributed by atoms with E-state index >= 15 is 0 Å². The quantitative estimate of drug-likeness (QED) is 0.320. The lowest BCUT2D eigenvalue weighted by Crippen LogP contribution is -2.28. The topological polar surface area (TPSA) is 49.9 Å². The predicted molar refractivity (Wildman–Crippen MR) is 32.0 cm³/mol. The van der Waals surface area contributed by atoms with Gasteiger partial charge in [-0.3, -0.25) is 5.41 Å². The molecule has 0 saturated carbocycles. The van der Waals surface area contributed by atoms with Gasteiger partial charge in [0.15, 0.2) is 4.33 Å². The zero-order valence-electron chi connectivity index (χ0n) is 3.83. The van der Waals surface area contributed by atoms with Gasteiger partial charge in [0, 0.05) is 0 Å². The minimum atomic E-state index is -1.19. The van der Waals surface area contributed by atoms with Crippen LogP contribution in [0, 0.1) is 5.41 Å². The van der Waals surface area contributed by atoms with Gasteiger partial charge in [-0.05, 0) is 6.92 Å². The number of nitrogens with two attached hydrogens (primary N) is 1. The third-order valence-corrected chi connectivity index (χ3v) is 0.880. The minimum absolute atomic E-state index is 0.226. The molecule has 0 radical (unpaired) electrons. The van der Waals surface area contributed by atoms with Crippen molar-refractivity contribution in [2.24, 2.45) is 5.73 Å². The normalized spacial score (nSPS) is 11.3. The van der Waals surface area contributed by atoms with Crippen LogP contribution in [0.15, 0.2) is 0 Å². The van der Waals surface area contributed by atoms with Crippen LogP contribution in [0.5, 0.6) is 0 Å². The minimum Gasteiger partial charge on any atom is -0.385 e. The highest BCUT2D eigenvalue weighted by molar-refractivity contribution is 6.57. The van der Waals surface area contributed by atoms with E-state index in [2.05, 4.69) is 0 Å². The Balaban J connectivity index is 3.79. The molecule has 0 aromatic heterocycles. The Morgan fingerprint density at radius 3 is 1.86 bits per heavy atom. The molecule has 42 valence electrons. The van der Waals surface area contributed by atoms with Crippen LogP contribution in [0.4, 0.5) is 0 Å². The number of amidine groups is 1. The van der Waals surface area contributed by atoms with E-state index in [1.165, 1.54) is 6.92 Å². The van der Waals surface area contributed by atoms with Crippen LogP contribution in [-0.4, -0.2) is 10.2 Å². The smallest absolute Gasteiger partial charge is 0.171 e. The molecule has 0 bridgehead atoms. The van der Waals surface area contributed by atoms with Crippen molar-refractivity contribution in [1.82, 2.24) is 0 Å². The van der Waals surface area contributed by atoms with Gasteiger partial charge in [0.1, 0.15) is 5.84 Å².